The van der Waals surface area contributed by atoms with E-state index in [0.29, 0.717) is 0 Å². The molecule has 0 spiro atoms. The highest BCUT2D eigenvalue weighted by atomic mass is 15.0. The molecule has 0 aliphatic heterocycles. The van der Waals surface area contributed by atoms with Crippen LogP contribution in [0.5, 0.6) is 0 Å². The Bertz CT molecular complexity index is 1090. The lowest BCUT2D eigenvalue weighted by Gasteiger charge is -2.03. The van der Waals surface area contributed by atoms with Crippen LogP contribution in [0, 0.1) is 0 Å². The lowest BCUT2D eigenvalue weighted by atomic mass is 10.1. The zero-order chi connectivity index (χ0) is 14.8. The minimum absolute atomic E-state index is 1.29. The lowest BCUT2D eigenvalue weighted by molar-refractivity contribution is 0.986. The van der Waals surface area contributed by atoms with Gasteiger partial charge in [-0.25, -0.2) is 0 Å². The van der Waals surface area contributed by atoms with Gasteiger partial charge in [0.1, 0.15) is 0 Å². The van der Waals surface area contributed by atoms with Gasteiger partial charge in [0.05, 0.1) is 11.0 Å². The summed E-state index contributed by atoms with van der Waals surface area (Å²) in [5, 5.41) is 5.31. The number of hydrogen-bond acceptors (Lipinski definition) is 0. The number of nitrogens with zero attached hydrogens (tertiary/aromatic N) is 2. The van der Waals surface area contributed by atoms with Gasteiger partial charge < -0.3 is 9.13 Å². The predicted octanol–water partition coefficient (Wildman–Crippen LogP) is 4.98. The molecule has 0 saturated heterocycles. The van der Waals surface area contributed by atoms with Crippen molar-refractivity contribution in [3.8, 4) is 0 Å². The monoisotopic (exact) mass is 284 g/mol. The topological polar surface area (TPSA) is 9.86 Å². The largest absolute Gasteiger partial charge is 0.342 e. The first-order valence-corrected chi connectivity index (χ1v) is 7.60. The van der Waals surface area contributed by atoms with Gasteiger partial charge in [-0.2, -0.15) is 0 Å². The van der Waals surface area contributed by atoms with Gasteiger partial charge in [-0.05, 0) is 12.1 Å². The molecule has 0 saturated carbocycles. The molecule has 2 heteroatoms. The quantitative estimate of drug-likeness (QED) is 0.380. The van der Waals surface area contributed by atoms with E-state index >= 15 is 0 Å². The van der Waals surface area contributed by atoms with Crippen molar-refractivity contribution < 1.29 is 0 Å². The molecule has 5 aromatic rings. The third-order valence-corrected chi connectivity index (χ3v) is 4.93. The molecule has 0 unspecified atom stereocenters. The Morgan fingerprint density at radius 1 is 0.500 bits per heavy atom. The van der Waals surface area contributed by atoms with E-state index in [1.54, 1.807) is 0 Å². The van der Waals surface area contributed by atoms with E-state index in [0.717, 1.165) is 0 Å². The Balaban J connectivity index is 2.18. The fraction of sp³-hybridized carbons (Fsp3) is 0.100. The second kappa shape index (κ2) is 3.92. The van der Waals surface area contributed by atoms with Gasteiger partial charge in [-0.1, -0.05) is 48.5 Å². The van der Waals surface area contributed by atoms with Gasteiger partial charge >= 0.3 is 0 Å². The predicted molar refractivity (Wildman–Crippen MR) is 94.4 cm³/mol. The number of para-hydroxylation sites is 2. The third-order valence-electron chi connectivity index (χ3n) is 4.93. The summed E-state index contributed by atoms with van der Waals surface area (Å²) in [4.78, 5) is 0. The zero-order valence-corrected chi connectivity index (χ0v) is 12.7. The van der Waals surface area contributed by atoms with Crippen molar-refractivity contribution in [1.29, 1.82) is 0 Å². The van der Waals surface area contributed by atoms with E-state index in [1.165, 1.54) is 43.6 Å². The molecule has 2 aromatic heterocycles. The lowest BCUT2D eigenvalue weighted by Crippen LogP contribution is -1.92. The molecule has 0 N–H and O–H groups in total. The van der Waals surface area contributed by atoms with Gasteiger partial charge in [0.2, 0.25) is 0 Å². The Morgan fingerprint density at radius 3 is 1.36 bits per heavy atom. The van der Waals surface area contributed by atoms with Crippen LogP contribution in [0.2, 0.25) is 0 Å². The summed E-state index contributed by atoms with van der Waals surface area (Å²) in [6, 6.07) is 21.8. The smallest absolute Gasteiger partial charge is 0.0736 e. The van der Waals surface area contributed by atoms with Crippen LogP contribution in [-0.2, 0) is 14.1 Å². The average molecular weight is 284 g/mol. The standard InChI is InChI=1S/C20H16N2/c1-21-17-9-5-3-7-13(17)15-11-12-16-14-8-4-6-10-18(14)22(2)20(16)19(15)21/h3-12H,1-2H3. The molecule has 0 radical (unpaired) electrons. The maximum atomic E-state index is 2.33. The molecular formula is C20H16N2. The highest BCUT2D eigenvalue weighted by Crippen LogP contribution is 2.37. The Hall–Kier alpha value is -2.74. The molecule has 0 atom stereocenters. The van der Waals surface area contributed by atoms with E-state index in [2.05, 4.69) is 83.9 Å². The molecule has 0 aliphatic carbocycles. The van der Waals surface area contributed by atoms with Gasteiger partial charge in [0, 0.05) is 46.7 Å². The van der Waals surface area contributed by atoms with Crippen LogP contribution in [0.3, 0.4) is 0 Å². The number of fused-ring (bicyclic) bond motifs is 7. The zero-order valence-electron chi connectivity index (χ0n) is 12.7. The van der Waals surface area contributed by atoms with E-state index in [1.807, 2.05) is 0 Å². The van der Waals surface area contributed by atoms with Crippen molar-refractivity contribution in [2.45, 2.75) is 0 Å². The Labute approximate surface area is 128 Å². The molecule has 106 valence electrons. The Morgan fingerprint density at radius 2 is 0.909 bits per heavy atom. The molecule has 0 aliphatic rings. The summed E-state index contributed by atoms with van der Waals surface area (Å²) < 4.78 is 4.65. The molecule has 22 heavy (non-hydrogen) atoms. The fourth-order valence-electron chi connectivity index (χ4n) is 3.92. The van der Waals surface area contributed by atoms with E-state index in [4.69, 9.17) is 0 Å². The highest BCUT2D eigenvalue weighted by molar-refractivity contribution is 6.22. The van der Waals surface area contributed by atoms with E-state index in [9.17, 15) is 0 Å². The van der Waals surface area contributed by atoms with Crippen LogP contribution in [0.1, 0.15) is 0 Å². The van der Waals surface area contributed by atoms with Crippen LogP contribution < -0.4 is 0 Å². The van der Waals surface area contributed by atoms with Crippen LogP contribution in [0.4, 0.5) is 0 Å². The van der Waals surface area contributed by atoms with Crippen molar-refractivity contribution in [1.82, 2.24) is 9.13 Å². The number of aromatic nitrogens is 2. The number of benzene rings is 3. The summed E-state index contributed by atoms with van der Waals surface area (Å²) >= 11 is 0. The van der Waals surface area contributed by atoms with Crippen molar-refractivity contribution in [3.63, 3.8) is 0 Å². The van der Waals surface area contributed by atoms with Crippen LogP contribution in [0.15, 0.2) is 60.7 Å². The maximum absolute atomic E-state index is 2.33. The first-order chi connectivity index (χ1) is 10.8. The molecule has 5 rings (SSSR count). The molecule has 3 aromatic carbocycles. The normalized spacial score (nSPS) is 12.1. The number of aryl methyl sites for hydroxylation is 2. The molecular weight excluding hydrogens is 268 g/mol. The second-order valence-electron chi connectivity index (χ2n) is 6.01. The molecule has 0 amide bonds. The second-order valence-corrected chi connectivity index (χ2v) is 6.01. The summed E-state index contributed by atoms with van der Waals surface area (Å²) in [5.74, 6) is 0. The van der Waals surface area contributed by atoms with Gasteiger partial charge in [-0.3, -0.25) is 0 Å². The fourth-order valence-corrected chi connectivity index (χ4v) is 3.92. The third kappa shape index (κ3) is 1.26. The molecule has 0 bridgehead atoms. The minimum atomic E-state index is 1.29. The van der Waals surface area contributed by atoms with E-state index < -0.39 is 0 Å². The Kier molecular flexibility index (Phi) is 2.11. The van der Waals surface area contributed by atoms with Crippen molar-refractivity contribution in [3.05, 3.63) is 60.7 Å². The summed E-state index contributed by atoms with van der Waals surface area (Å²) in [6.07, 6.45) is 0. The minimum Gasteiger partial charge on any atom is -0.342 e. The SMILES string of the molecule is Cn1c2ccccc2c2ccc3c4ccccc4n(C)c3c21. The first-order valence-electron chi connectivity index (χ1n) is 7.60. The average Bonchev–Trinajstić information content (AvgIpc) is 3.02. The van der Waals surface area contributed by atoms with Crippen molar-refractivity contribution in [2.24, 2.45) is 14.1 Å². The number of rotatable bonds is 0. The highest BCUT2D eigenvalue weighted by Gasteiger charge is 2.15. The maximum Gasteiger partial charge on any atom is 0.0736 e. The van der Waals surface area contributed by atoms with E-state index in [-0.39, 0.29) is 0 Å². The molecule has 2 nitrogen and oxygen atoms in total. The molecule has 2 heterocycles. The number of hydrogen-bond donors (Lipinski definition) is 0. The van der Waals surface area contributed by atoms with Crippen LogP contribution in [0.25, 0.3) is 43.6 Å². The molecule has 0 fully saturated rings. The van der Waals surface area contributed by atoms with Gasteiger partial charge in [0.15, 0.2) is 0 Å². The summed E-state index contributed by atoms with van der Waals surface area (Å²) in [6.45, 7) is 0. The van der Waals surface area contributed by atoms with Crippen molar-refractivity contribution >= 4 is 43.6 Å². The summed E-state index contributed by atoms with van der Waals surface area (Å²) in [5.41, 5.74) is 5.21. The van der Waals surface area contributed by atoms with Crippen LogP contribution in [-0.4, -0.2) is 9.13 Å². The van der Waals surface area contributed by atoms with Gasteiger partial charge in [0.25, 0.3) is 0 Å². The van der Waals surface area contributed by atoms with Crippen molar-refractivity contribution in [2.75, 3.05) is 0 Å². The summed E-state index contributed by atoms with van der Waals surface area (Å²) in [7, 11) is 4.34. The first kappa shape index (κ1) is 11.9. The van der Waals surface area contributed by atoms with Gasteiger partial charge in [-0.15, -0.1) is 0 Å². The van der Waals surface area contributed by atoms with Crippen LogP contribution >= 0.6 is 0 Å².